The number of carbonyl (C=O) groups is 2. The van der Waals surface area contributed by atoms with E-state index >= 15 is 0 Å². The lowest BCUT2D eigenvalue weighted by atomic mass is 9.45. The van der Waals surface area contributed by atoms with E-state index in [9.17, 15) is 19.8 Å². The highest BCUT2D eigenvalue weighted by Crippen LogP contribution is 2.61. The zero-order valence-electron chi connectivity index (χ0n) is 39.1. The lowest BCUT2D eigenvalue weighted by molar-refractivity contribution is -0.183. The van der Waals surface area contributed by atoms with Crippen molar-refractivity contribution in [3.05, 3.63) is 89.0 Å². The third-order valence-corrected chi connectivity index (χ3v) is 14.5. The molecule has 3 aliphatic carbocycles. The molecule has 340 valence electrons. The van der Waals surface area contributed by atoms with Gasteiger partial charge < -0.3 is 35.4 Å². The summed E-state index contributed by atoms with van der Waals surface area (Å²) < 4.78 is 6.22. The molecule has 2 bridgehead atoms. The molecule has 10 atom stereocenters. The highest BCUT2D eigenvalue weighted by Gasteiger charge is 2.57. The first kappa shape index (κ1) is 47.6. The van der Waals surface area contributed by atoms with Crippen LogP contribution in [0.1, 0.15) is 87.4 Å². The van der Waals surface area contributed by atoms with Crippen LogP contribution in [0.25, 0.3) is 11.1 Å². The van der Waals surface area contributed by atoms with Crippen molar-refractivity contribution in [3.63, 3.8) is 0 Å². The van der Waals surface area contributed by atoms with Gasteiger partial charge in [0.05, 0.1) is 26.4 Å². The molecule has 3 saturated carbocycles. The minimum absolute atomic E-state index is 0.0347. The van der Waals surface area contributed by atoms with Gasteiger partial charge in [0.2, 0.25) is 5.91 Å². The molecule has 0 unspecified atom stereocenters. The Balaban J connectivity index is 1.31. The summed E-state index contributed by atoms with van der Waals surface area (Å²) in [6.07, 6.45) is 4.04. The molecular weight excluding hydrogens is 779 g/mol. The summed E-state index contributed by atoms with van der Waals surface area (Å²) >= 11 is 0. The number of aryl methyl sites for hydroxylation is 1. The summed E-state index contributed by atoms with van der Waals surface area (Å²) in [6, 6.07) is 21.5. The summed E-state index contributed by atoms with van der Waals surface area (Å²) in [4.78, 5) is 39.5. The van der Waals surface area contributed by atoms with Crippen LogP contribution in [0.3, 0.4) is 0 Å². The molecule has 1 heterocycles. The van der Waals surface area contributed by atoms with Crippen molar-refractivity contribution in [3.8, 4) is 16.9 Å². The Morgan fingerprint density at radius 3 is 2.32 bits per heavy atom. The van der Waals surface area contributed by atoms with Crippen LogP contribution in [-0.4, -0.2) is 122 Å². The lowest BCUT2D eigenvalue weighted by Crippen LogP contribution is -2.62. The third kappa shape index (κ3) is 10.9. The third-order valence-electron chi connectivity index (χ3n) is 14.5. The van der Waals surface area contributed by atoms with E-state index in [0.29, 0.717) is 48.0 Å². The van der Waals surface area contributed by atoms with Gasteiger partial charge in [-0.3, -0.25) is 14.4 Å². The normalized spacial score (nSPS) is 25.9. The number of likely N-dealkylation sites (N-methyl/N-ethyl adjacent to an activating group) is 1. The van der Waals surface area contributed by atoms with Gasteiger partial charge in [0.25, 0.3) is 5.91 Å². The van der Waals surface area contributed by atoms with E-state index in [4.69, 9.17) is 9.57 Å². The second-order valence-corrected chi connectivity index (χ2v) is 19.8. The molecule has 11 nitrogen and oxygen atoms in total. The molecular formula is C51H75N5O6. The number of aliphatic hydroxyl groups is 2. The number of aliphatic hydroxyl groups excluding tert-OH is 2. The summed E-state index contributed by atoms with van der Waals surface area (Å²) in [5.41, 5.74) is 5.57. The van der Waals surface area contributed by atoms with Crippen molar-refractivity contribution >= 4 is 11.8 Å². The van der Waals surface area contributed by atoms with Crippen molar-refractivity contribution in [2.75, 3.05) is 55.0 Å². The molecule has 7 rings (SSSR count). The predicted octanol–water partition coefficient (Wildman–Crippen LogP) is 6.45. The number of rotatable bonds is 20. The van der Waals surface area contributed by atoms with Gasteiger partial charge in [-0.1, -0.05) is 88.7 Å². The van der Waals surface area contributed by atoms with Crippen LogP contribution in [0.5, 0.6) is 5.75 Å². The molecule has 0 aromatic heterocycles. The van der Waals surface area contributed by atoms with Crippen molar-refractivity contribution in [1.82, 2.24) is 25.5 Å². The van der Waals surface area contributed by atoms with Gasteiger partial charge in [-0.25, -0.2) is 0 Å². The van der Waals surface area contributed by atoms with Crippen LogP contribution in [0.15, 0.2) is 66.7 Å². The zero-order valence-corrected chi connectivity index (χ0v) is 39.1. The number of nitrogens with zero attached hydrogens (tertiary/aromatic N) is 3. The Bertz CT molecular complexity index is 1950. The number of hydrogen-bond donors (Lipinski definition) is 4. The van der Waals surface area contributed by atoms with E-state index in [0.717, 1.165) is 60.0 Å². The van der Waals surface area contributed by atoms with Gasteiger partial charge in [-0.2, -0.15) is 5.06 Å². The van der Waals surface area contributed by atoms with Gasteiger partial charge >= 0.3 is 0 Å². The standard InChI is InChI=1S/C51H75N5O6/c1-11-34(28-54(6)7)20-21-36-22-38(25-39(23-36)49(59)52-41(30-55(8)9)24-35-16-13-12-14-17-35)42-19-15-18-37(48(42)61-10)29-56-47(46(33(3)58)45(31-57)62-56)50(60)53-44-27-40-26-43(32(44)2)51(40,4)5/h12-19,22-23,25,32-34,40-41,43-47,57-58H,11,20-21,24,26-31H2,1-10H3,(H,52,59)(H,53,60)/t32-,33-,34+,40+,41-,43-,44-,45-,46+,47-/m0/s1. The number of nitrogens with one attached hydrogen (secondary N) is 2. The highest BCUT2D eigenvalue weighted by molar-refractivity contribution is 5.96. The first-order valence-electron chi connectivity index (χ1n) is 23.0. The number of carbonyl (C=O) groups excluding carboxylic acids is 2. The van der Waals surface area contributed by atoms with E-state index in [1.54, 1.807) is 19.1 Å². The second kappa shape index (κ2) is 20.8. The average molecular weight is 854 g/mol. The molecule has 11 heteroatoms. The predicted molar refractivity (Wildman–Crippen MR) is 247 cm³/mol. The SMILES string of the molecule is CC[C@H](CCc1cc(C(=O)N[C@@H](Cc2ccccc2)CN(C)C)cc(-c2cccc(CN3O[C@@H](CO)[C@@H]([C@H](C)O)[C@H]3C(=O)N[C@H]3C[C@H]4C[C@@H]([C@@H]3C)C4(C)C)c2OC)c1)CN(C)C. The Morgan fingerprint density at radius 2 is 1.71 bits per heavy atom. The van der Waals surface area contributed by atoms with Gasteiger partial charge in [0, 0.05) is 47.8 Å². The Labute approximate surface area is 371 Å². The first-order chi connectivity index (χ1) is 29.5. The lowest BCUT2D eigenvalue weighted by Gasteiger charge is -2.62. The summed E-state index contributed by atoms with van der Waals surface area (Å²) in [5.74, 6) is 1.61. The van der Waals surface area contributed by atoms with Gasteiger partial charge in [0.1, 0.15) is 17.9 Å². The smallest absolute Gasteiger partial charge is 0.251 e. The minimum Gasteiger partial charge on any atom is -0.496 e. The van der Waals surface area contributed by atoms with E-state index in [1.807, 2.05) is 62.6 Å². The van der Waals surface area contributed by atoms with Gasteiger partial charge in [-0.05, 0) is 125 Å². The van der Waals surface area contributed by atoms with Crippen molar-refractivity contribution < 1.29 is 29.4 Å². The van der Waals surface area contributed by atoms with E-state index in [2.05, 4.69) is 80.4 Å². The average Bonchev–Trinajstić information content (AvgIpc) is 3.61. The second-order valence-electron chi connectivity index (χ2n) is 19.8. The monoisotopic (exact) mass is 854 g/mol. The highest BCUT2D eigenvalue weighted by atomic mass is 16.7. The first-order valence-corrected chi connectivity index (χ1v) is 23.0. The maximum absolute atomic E-state index is 14.4. The van der Waals surface area contributed by atoms with Crippen LogP contribution >= 0.6 is 0 Å². The number of hydrogen-bond acceptors (Lipinski definition) is 9. The topological polar surface area (TPSA) is 127 Å². The fourth-order valence-corrected chi connectivity index (χ4v) is 11.0. The van der Waals surface area contributed by atoms with Crippen molar-refractivity contribution in [2.45, 2.75) is 110 Å². The van der Waals surface area contributed by atoms with Crippen LogP contribution in [0.2, 0.25) is 0 Å². The molecule has 3 aromatic rings. The quantitative estimate of drug-likeness (QED) is 0.102. The van der Waals surface area contributed by atoms with Crippen LogP contribution in [0, 0.1) is 35.0 Å². The molecule has 4 aliphatic rings. The largest absolute Gasteiger partial charge is 0.496 e. The number of fused-ring (bicyclic) bond motifs is 2. The summed E-state index contributed by atoms with van der Waals surface area (Å²) in [5, 5.41) is 29.9. The number of ether oxygens (including phenoxy) is 1. The number of methoxy groups -OCH3 is 1. The van der Waals surface area contributed by atoms with E-state index < -0.39 is 24.2 Å². The molecule has 62 heavy (non-hydrogen) atoms. The minimum atomic E-state index is -0.903. The summed E-state index contributed by atoms with van der Waals surface area (Å²) in [6.45, 7) is 12.4. The van der Waals surface area contributed by atoms with Crippen LogP contribution < -0.4 is 15.4 Å². The number of amides is 2. The van der Waals surface area contributed by atoms with Crippen molar-refractivity contribution in [1.29, 1.82) is 0 Å². The number of benzene rings is 3. The Kier molecular flexibility index (Phi) is 16.0. The van der Waals surface area contributed by atoms with E-state index in [-0.39, 0.29) is 42.5 Å². The van der Waals surface area contributed by atoms with Gasteiger partial charge in [-0.15, -0.1) is 0 Å². The molecule has 4 fully saturated rings. The maximum atomic E-state index is 14.4. The zero-order chi connectivity index (χ0) is 44.9. The molecule has 0 spiro atoms. The fraction of sp³-hybridized carbons (Fsp3) is 0.608. The molecule has 4 N–H and O–H groups in total. The molecule has 1 saturated heterocycles. The van der Waals surface area contributed by atoms with E-state index in [1.165, 1.54) is 6.42 Å². The van der Waals surface area contributed by atoms with Gasteiger partial charge in [0.15, 0.2) is 0 Å². The summed E-state index contributed by atoms with van der Waals surface area (Å²) in [7, 11) is 9.91. The Morgan fingerprint density at radius 1 is 0.984 bits per heavy atom. The fourth-order valence-electron chi connectivity index (χ4n) is 11.0. The molecule has 2 amide bonds. The Hall–Kier alpha value is -3.84. The molecule has 1 aliphatic heterocycles. The van der Waals surface area contributed by atoms with Crippen LogP contribution in [-0.2, 0) is 29.0 Å². The number of hydroxylamine groups is 2. The molecule has 0 radical (unpaired) electrons. The van der Waals surface area contributed by atoms with Crippen molar-refractivity contribution in [2.24, 2.45) is 35.0 Å². The maximum Gasteiger partial charge on any atom is 0.251 e. The number of para-hydroxylation sites is 1. The van der Waals surface area contributed by atoms with Crippen LogP contribution in [0.4, 0.5) is 0 Å². The molecule has 3 aromatic carbocycles.